The highest BCUT2D eigenvalue weighted by atomic mass is 79.9. The van der Waals surface area contributed by atoms with Crippen molar-refractivity contribution in [3.05, 3.63) is 57.0 Å². The average molecular weight is 456 g/mol. The van der Waals surface area contributed by atoms with Crippen LogP contribution in [0.4, 0.5) is 5.69 Å². The lowest BCUT2D eigenvalue weighted by Crippen LogP contribution is -2.34. The van der Waals surface area contributed by atoms with Crippen LogP contribution >= 0.6 is 39.7 Å². The summed E-state index contributed by atoms with van der Waals surface area (Å²) in [6, 6.07) is 10.8. The molecule has 0 saturated carbocycles. The van der Waals surface area contributed by atoms with Crippen molar-refractivity contribution in [2.24, 2.45) is 0 Å². The maximum Gasteiger partial charge on any atom is 0.261 e. The van der Waals surface area contributed by atoms with Crippen molar-refractivity contribution in [2.75, 3.05) is 11.9 Å². The molecule has 7 heteroatoms. The van der Waals surface area contributed by atoms with Gasteiger partial charge in [-0.2, -0.15) is 0 Å². The number of carbonyl (C=O) groups is 1. The van der Waals surface area contributed by atoms with Crippen molar-refractivity contribution in [2.45, 2.75) is 26.7 Å². The number of halogens is 2. The predicted molar refractivity (Wildman–Crippen MR) is 114 cm³/mol. The van der Waals surface area contributed by atoms with Gasteiger partial charge in [-0.3, -0.25) is 10.1 Å². The molecule has 0 spiro atoms. The van der Waals surface area contributed by atoms with Gasteiger partial charge in [0.25, 0.3) is 5.91 Å². The van der Waals surface area contributed by atoms with E-state index in [2.05, 4.69) is 33.5 Å². The highest BCUT2D eigenvalue weighted by Crippen LogP contribution is 2.24. The molecule has 0 radical (unpaired) electrons. The summed E-state index contributed by atoms with van der Waals surface area (Å²) in [6.07, 6.45) is 1.94. The zero-order chi connectivity index (χ0) is 19.1. The van der Waals surface area contributed by atoms with E-state index in [0.29, 0.717) is 28.6 Å². The van der Waals surface area contributed by atoms with Crippen LogP contribution in [0.3, 0.4) is 0 Å². The second kappa shape index (κ2) is 9.90. The molecule has 2 rings (SSSR count). The number of hydrogen-bond acceptors (Lipinski definition) is 3. The zero-order valence-corrected chi connectivity index (χ0v) is 17.7. The molecule has 0 bridgehead atoms. The largest absolute Gasteiger partial charge is 0.493 e. The topological polar surface area (TPSA) is 50.4 Å². The third-order valence-corrected chi connectivity index (χ3v) is 4.70. The normalized spacial score (nSPS) is 10.3. The van der Waals surface area contributed by atoms with Gasteiger partial charge < -0.3 is 10.1 Å². The van der Waals surface area contributed by atoms with Crippen LogP contribution in [0.15, 0.2) is 40.9 Å². The quantitative estimate of drug-likeness (QED) is 0.432. The van der Waals surface area contributed by atoms with Crippen LogP contribution in [0.1, 0.15) is 35.7 Å². The lowest BCUT2D eigenvalue weighted by atomic mass is 10.2. The summed E-state index contributed by atoms with van der Waals surface area (Å²) in [4.78, 5) is 12.6. The van der Waals surface area contributed by atoms with Gasteiger partial charge in [0.1, 0.15) is 5.75 Å². The standard InChI is InChI=1S/C19H20BrClN2O2S/c1-3-4-9-25-17-8-6-13(20)10-15(17)18(24)23-19(26)22-14-7-5-12(2)16(21)11-14/h5-8,10-11H,3-4,9H2,1-2H3,(H2,22,23,24,26). The van der Waals surface area contributed by atoms with E-state index in [1.165, 1.54) is 0 Å². The Morgan fingerprint density at radius 1 is 1.27 bits per heavy atom. The Hall–Kier alpha value is -1.63. The van der Waals surface area contributed by atoms with Crippen molar-refractivity contribution in [3.8, 4) is 5.75 Å². The van der Waals surface area contributed by atoms with Gasteiger partial charge in [-0.1, -0.05) is 46.9 Å². The number of thiocarbonyl (C=S) groups is 1. The number of hydrogen-bond donors (Lipinski definition) is 2. The van der Waals surface area contributed by atoms with Gasteiger partial charge in [0, 0.05) is 15.2 Å². The molecule has 2 aromatic carbocycles. The first-order valence-electron chi connectivity index (χ1n) is 8.21. The van der Waals surface area contributed by atoms with Crippen LogP contribution < -0.4 is 15.4 Å². The molecule has 0 aromatic heterocycles. The molecule has 1 amide bonds. The van der Waals surface area contributed by atoms with E-state index in [1.54, 1.807) is 18.2 Å². The molecule has 2 aromatic rings. The summed E-state index contributed by atoms with van der Waals surface area (Å²) >= 11 is 14.7. The fourth-order valence-corrected chi connectivity index (χ4v) is 2.89. The summed E-state index contributed by atoms with van der Waals surface area (Å²) in [6.45, 7) is 4.56. The molecule has 0 unspecified atom stereocenters. The van der Waals surface area contributed by atoms with Crippen molar-refractivity contribution >= 4 is 56.5 Å². The zero-order valence-electron chi connectivity index (χ0n) is 14.6. The fraction of sp³-hybridized carbons (Fsp3) is 0.263. The lowest BCUT2D eigenvalue weighted by molar-refractivity contribution is 0.0973. The number of nitrogens with one attached hydrogen (secondary N) is 2. The maximum atomic E-state index is 12.6. The summed E-state index contributed by atoms with van der Waals surface area (Å²) in [7, 11) is 0. The number of rotatable bonds is 6. The average Bonchev–Trinajstić information content (AvgIpc) is 2.59. The summed E-state index contributed by atoms with van der Waals surface area (Å²) in [5.74, 6) is 0.189. The molecule has 0 aliphatic rings. The molecule has 4 nitrogen and oxygen atoms in total. The van der Waals surface area contributed by atoms with Gasteiger partial charge in [-0.05, 0) is 61.5 Å². The molecule has 0 aliphatic heterocycles. The maximum absolute atomic E-state index is 12.6. The van der Waals surface area contributed by atoms with Gasteiger partial charge in [-0.15, -0.1) is 0 Å². The summed E-state index contributed by atoms with van der Waals surface area (Å²) in [5.41, 5.74) is 2.09. The smallest absolute Gasteiger partial charge is 0.261 e. The number of unbranched alkanes of at least 4 members (excludes halogenated alkanes) is 1. The van der Waals surface area contributed by atoms with Crippen LogP contribution in [-0.2, 0) is 0 Å². The van der Waals surface area contributed by atoms with E-state index < -0.39 is 0 Å². The van der Waals surface area contributed by atoms with E-state index in [-0.39, 0.29) is 11.0 Å². The third kappa shape index (κ3) is 5.97. The minimum atomic E-state index is -0.339. The number of aryl methyl sites for hydroxylation is 1. The second-order valence-electron chi connectivity index (χ2n) is 5.71. The number of carbonyl (C=O) groups excluding carboxylic acids is 1. The molecule has 0 heterocycles. The molecule has 0 atom stereocenters. The van der Waals surface area contributed by atoms with E-state index in [9.17, 15) is 4.79 Å². The molecule has 138 valence electrons. The second-order valence-corrected chi connectivity index (χ2v) is 7.45. The monoisotopic (exact) mass is 454 g/mol. The first kappa shape index (κ1) is 20.7. The van der Waals surface area contributed by atoms with Crippen LogP contribution in [0.5, 0.6) is 5.75 Å². The molecule has 2 N–H and O–H groups in total. The minimum absolute atomic E-state index is 0.189. The van der Waals surface area contributed by atoms with Gasteiger partial charge in [0.05, 0.1) is 12.2 Å². The Bertz CT molecular complexity index is 814. The lowest BCUT2D eigenvalue weighted by Gasteiger charge is -2.14. The molecular formula is C19H20BrClN2O2S. The van der Waals surface area contributed by atoms with E-state index in [0.717, 1.165) is 22.9 Å². The van der Waals surface area contributed by atoms with Gasteiger partial charge >= 0.3 is 0 Å². The number of anilines is 1. The Morgan fingerprint density at radius 3 is 2.73 bits per heavy atom. The molecule has 0 fully saturated rings. The van der Waals surface area contributed by atoms with Crippen LogP contribution in [-0.4, -0.2) is 17.6 Å². The Morgan fingerprint density at radius 2 is 2.04 bits per heavy atom. The van der Waals surface area contributed by atoms with Crippen LogP contribution in [0.2, 0.25) is 5.02 Å². The van der Waals surface area contributed by atoms with Gasteiger partial charge in [-0.25, -0.2) is 0 Å². The van der Waals surface area contributed by atoms with Crippen LogP contribution in [0, 0.1) is 6.92 Å². The van der Waals surface area contributed by atoms with Gasteiger partial charge in [0.2, 0.25) is 0 Å². The van der Waals surface area contributed by atoms with Gasteiger partial charge in [0.15, 0.2) is 5.11 Å². The van der Waals surface area contributed by atoms with E-state index >= 15 is 0 Å². The van der Waals surface area contributed by atoms with Crippen molar-refractivity contribution in [1.82, 2.24) is 5.32 Å². The molecule has 0 aliphatic carbocycles. The fourth-order valence-electron chi connectivity index (χ4n) is 2.14. The van der Waals surface area contributed by atoms with E-state index in [1.807, 2.05) is 25.1 Å². The Kier molecular flexibility index (Phi) is 7.87. The van der Waals surface area contributed by atoms with Crippen molar-refractivity contribution < 1.29 is 9.53 Å². The highest BCUT2D eigenvalue weighted by molar-refractivity contribution is 9.10. The molecular weight excluding hydrogens is 436 g/mol. The Labute approximate surface area is 172 Å². The summed E-state index contributed by atoms with van der Waals surface area (Å²) in [5, 5.41) is 6.45. The minimum Gasteiger partial charge on any atom is -0.493 e. The third-order valence-electron chi connectivity index (χ3n) is 3.60. The number of amides is 1. The first-order chi connectivity index (χ1) is 12.4. The van der Waals surface area contributed by atoms with Crippen molar-refractivity contribution in [1.29, 1.82) is 0 Å². The highest BCUT2D eigenvalue weighted by Gasteiger charge is 2.15. The molecule has 26 heavy (non-hydrogen) atoms. The number of ether oxygens (including phenoxy) is 1. The number of benzene rings is 2. The van der Waals surface area contributed by atoms with Crippen LogP contribution in [0.25, 0.3) is 0 Å². The van der Waals surface area contributed by atoms with E-state index in [4.69, 9.17) is 28.6 Å². The Balaban J connectivity index is 2.07. The molecule has 0 saturated heterocycles. The first-order valence-corrected chi connectivity index (χ1v) is 9.79. The SMILES string of the molecule is CCCCOc1ccc(Br)cc1C(=O)NC(=S)Nc1ccc(C)c(Cl)c1. The van der Waals surface area contributed by atoms with Crippen molar-refractivity contribution in [3.63, 3.8) is 0 Å². The predicted octanol–water partition coefficient (Wildman–Crippen LogP) is 5.72. The summed E-state index contributed by atoms with van der Waals surface area (Å²) < 4.78 is 6.51.